The summed E-state index contributed by atoms with van der Waals surface area (Å²) < 4.78 is 32.5. The van der Waals surface area contributed by atoms with Crippen LogP contribution < -0.4 is 5.32 Å². The zero-order valence-corrected chi connectivity index (χ0v) is 20.1. The summed E-state index contributed by atoms with van der Waals surface area (Å²) in [5.74, 6) is -1.44. The fourth-order valence-electron chi connectivity index (χ4n) is 4.38. The van der Waals surface area contributed by atoms with Gasteiger partial charge in [-0.1, -0.05) is 35.9 Å². The number of piperidine rings is 1. The summed E-state index contributed by atoms with van der Waals surface area (Å²) in [6, 6.07) is 13.5. The van der Waals surface area contributed by atoms with Crippen molar-refractivity contribution in [3.63, 3.8) is 0 Å². The Hall–Kier alpha value is -3.17. The first kappa shape index (κ1) is 24.0. The second kappa shape index (κ2) is 9.99. The van der Waals surface area contributed by atoms with Crippen LogP contribution in [-0.4, -0.2) is 55.8 Å². The molecule has 1 amide bonds. The van der Waals surface area contributed by atoms with E-state index in [1.54, 1.807) is 24.3 Å². The van der Waals surface area contributed by atoms with Crippen molar-refractivity contribution in [2.24, 2.45) is 5.92 Å². The number of sulfonamides is 1. The number of rotatable bonds is 7. The van der Waals surface area contributed by atoms with E-state index in [1.807, 2.05) is 37.4 Å². The lowest BCUT2D eigenvalue weighted by molar-refractivity contribution is -0.145. The molecular formula is C25H29N3O5S. The number of H-pyrrole nitrogens is 1. The monoisotopic (exact) mass is 483 g/mol. The van der Waals surface area contributed by atoms with Gasteiger partial charge in [-0.25, -0.2) is 13.2 Å². The predicted octanol–water partition coefficient (Wildman–Crippen LogP) is 2.78. The van der Waals surface area contributed by atoms with Crippen LogP contribution in [0, 0.1) is 12.8 Å². The lowest BCUT2D eigenvalue weighted by Gasteiger charge is -2.32. The number of aryl methyl sites for hydroxylation is 1. The summed E-state index contributed by atoms with van der Waals surface area (Å²) in [6.07, 6.45) is 3.20. The van der Waals surface area contributed by atoms with Gasteiger partial charge >= 0.3 is 5.97 Å². The minimum atomic E-state index is -3.70. The Bertz CT molecular complexity index is 1280. The van der Waals surface area contributed by atoms with Gasteiger partial charge in [-0.3, -0.25) is 4.79 Å². The van der Waals surface area contributed by atoms with Crippen LogP contribution in [0.3, 0.4) is 0 Å². The number of nitrogens with zero attached hydrogens (tertiary/aromatic N) is 1. The van der Waals surface area contributed by atoms with E-state index in [9.17, 15) is 18.0 Å². The number of methoxy groups -OCH3 is 1. The number of carbonyl (C=O) groups is 2. The van der Waals surface area contributed by atoms with Crippen LogP contribution in [0.25, 0.3) is 10.9 Å². The Morgan fingerprint density at radius 3 is 2.65 bits per heavy atom. The average Bonchev–Trinajstić information content (AvgIpc) is 3.26. The number of nitrogens with one attached hydrogen (secondary N) is 2. The van der Waals surface area contributed by atoms with Crippen molar-refractivity contribution in [1.29, 1.82) is 0 Å². The van der Waals surface area contributed by atoms with Crippen molar-refractivity contribution in [3.8, 4) is 0 Å². The Morgan fingerprint density at radius 2 is 1.91 bits per heavy atom. The van der Waals surface area contributed by atoms with Crippen molar-refractivity contribution in [2.75, 3.05) is 20.2 Å². The van der Waals surface area contributed by atoms with Gasteiger partial charge in [0, 0.05) is 36.6 Å². The molecule has 4 rings (SSSR count). The van der Waals surface area contributed by atoms with E-state index in [-0.39, 0.29) is 23.8 Å². The predicted molar refractivity (Wildman–Crippen MR) is 129 cm³/mol. The Labute approximate surface area is 199 Å². The Morgan fingerprint density at radius 1 is 1.18 bits per heavy atom. The van der Waals surface area contributed by atoms with Crippen molar-refractivity contribution in [3.05, 3.63) is 65.9 Å². The average molecular weight is 484 g/mol. The van der Waals surface area contributed by atoms with Crippen LogP contribution >= 0.6 is 0 Å². The van der Waals surface area contributed by atoms with Gasteiger partial charge in [-0.05, 0) is 43.5 Å². The highest BCUT2D eigenvalue weighted by Crippen LogP contribution is 2.25. The molecule has 0 unspecified atom stereocenters. The third-order valence-electron chi connectivity index (χ3n) is 6.31. The van der Waals surface area contributed by atoms with Crippen LogP contribution in [0.1, 0.15) is 24.0 Å². The molecule has 180 valence electrons. The first-order valence-electron chi connectivity index (χ1n) is 11.3. The van der Waals surface area contributed by atoms with Crippen LogP contribution in [0.5, 0.6) is 0 Å². The molecular weight excluding hydrogens is 454 g/mol. The number of aromatic nitrogens is 1. The fraction of sp³-hybridized carbons (Fsp3) is 0.360. The van der Waals surface area contributed by atoms with E-state index >= 15 is 0 Å². The van der Waals surface area contributed by atoms with Crippen molar-refractivity contribution in [1.82, 2.24) is 14.6 Å². The summed E-state index contributed by atoms with van der Waals surface area (Å²) in [5.41, 5.74) is 2.80. The highest BCUT2D eigenvalue weighted by Gasteiger charge is 2.35. The smallest absolute Gasteiger partial charge is 0.328 e. The minimum absolute atomic E-state index is 0.0724. The van der Waals surface area contributed by atoms with Gasteiger partial charge in [0.1, 0.15) is 6.04 Å². The van der Waals surface area contributed by atoms with Crippen LogP contribution in [-0.2, 0) is 30.8 Å². The summed E-state index contributed by atoms with van der Waals surface area (Å²) in [6.45, 7) is 2.32. The zero-order chi connectivity index (χ0) is 24.3. The fourth-order valence-corrected chi connectivity index (χ4v) is 5.90. The molecule has 1 saturated heterocycles. The molecule has 0 spiro atoms. The lowest BCUT2D eigenvalue weighted by atomic mass is 9.97. The first-order valence-corrected chi connectivity index (χ1v) is 12.7. The molecule has 8 nitrogen and oxygen atoms in total. The summed E-state index contributed by atoms with van der Waals surface area (Å²) in [4.78, 5) is 29.0. The van der Waals surface area contributed by atoms with Gasteiger partial charge in [0.2, 0.25) is 15.9 Å². The second-order valence-corrected chi connectivity index (χ2v) is 10.6. The molecule has 2 atom stereocenters. The molecule has 1 aliphatic rings. The van der Waals surface area contributed by atoms with Crippen LogP contribution in [0.2, 0.25) is 0 Å². The van der Waals surface area contributed by atoms with Crippen molar-refractivity contribution < 1.29 is 22.7 Å². The van der Waals surface area contributed by atoms with Gasteiger partial charge < -0.3 is 15.0 Å². The van der Waals surface area contributed by atoms with Gasteiger partial charge in [0.05, 0.1) is 17.9 Å². The van der Waals surface area contributed by atoms with E-state index < -0.39 is 28.0 Å². The molecule has 0 aliphatic carbocycles. The third-order valence-corrected chi connectivity index (χ3v) is 8.19. The first-order chi connectivity index (χ1) is 16.3. The largest absolute Gasteiger partial charge is 0.467 e. The van der Waals surface area contributed by atoms with Gasteiger partial charge in [-0.2, -0.15) is 4.31 Å². The summed E-state index contributed by atoms with van der Waals surface area (Å²) in [5, 5.41) is 3.78. The highest BCUT2D eigenvalue weighted by molar-refractivity contribution is 7.89. The summed E-state index contributed by atoms with van der Waals surface area (Å²) in [7, 11) is -2.42. The zero-order valence-electron chi connectivity index (χ0n) is 19.3. The summed E-state index contributed by atoms with van der Waals surface area (Å²) >= 11 is 0. The number of amides is 1. The standard InChI is InChI=1S/C25H29N3O5S/c1-17-9-11-20(12-10-17)34(31,32)28-13-5-6-18(16-28)24(29)27-23(25(30)33-2)14-19-15-26-22-8-4-3-7-21(19)22/h3-4,7-12,15,18,23,26H,5-6,13-14,16H2,1-2H3,(H,27,29)/t18-,23+/m0/s1. The second-order valence-electron chi connectivity index (χ2n) is 8.66. The van der Waals surface area contributed by atoms with Gasteiger partial charge in [0.25, 0.3) is 0 Å². The molecule has 3 aromatic rings. The number of hydrogen-bond acceptors (Lipinski definition) is 5. The number of esters is 1. The molecule has 2 N–H and O–H groups in total. The molecule has 0 bridgehead atoms. The lowest BCUT2D eigenvalue weighted by Crippen LogP contribution is -2.50. The molecule has 2 heterocycles. The quantitative estimate of drug-likeness (QED) is 0.503. The molecule has 9 heteroatoms. The minimum Gasteiger partial charge on any atom is -0.467 e. The number of hydrogen-bond donors (Lipinski definition) is 2. The maximum absolute atomic E-state index is 13.1. The Balaban J connectivity index is 1.48. The van der Waals surface area contributed by atoms with E-state index in [4.69, 9.17) is 4.74 Å². The number of carbonyl (C=O) groups excluding carboxylic acids is 2. The van der Waals surface area contributed by atoms with Gasteiger partial charge in [0.15, 0.2) is 0 Å². The van der Waals surface area contributed by atoms with Crippen LogP contribution in [0.4, 0.5) is 0 Å². The van der Waals surface area contributed by atoms with E-state index in [2.05, 4.69) is 10.3 Å². The number of aromatic amines is 1. The Kier molecular flexibility index (Phi) is 7.04. The highest BCUT2D eigenvalue weighted by atomic mass is 32.2. The van der Waals surface area contributed by atoms with E-state index in [1.165, 1.54) is 11.4 Å². The molecule has 1 fully saturated rings. The number of fused-ring (bicyclic) bond motifs is 1. The molecule has 0 radical (unpaired) electrons. The third kappa shape index (κ3) is 5.00. The van der Waals surface area contributed by atoms with E-state index in [0.717, 1.165) is 22.0 Å². The maximum Gasteiger partial charge on any atom is 0.328 e. The maximum atomic E-state index is 13.1. The normalized spacial score (nSPS) is 17.9. The van der Waals surface area contributed by atoms with Crippen molar-refractivity contribution >= 4 is 32.8 Å². The van der Waals surface area contributed by atoms with E-state index in [0.29, 0.717) is 19.4 Å². The molecule has 0 saturated carbocycles. The molecule has 1 aliphatic heterocycles. The number of benzene rings is 2. The topological polar surface area (TPSA) is 109 Å². The molecule has 2 aromatic carbocycles. The SMILES string of the molecule is COC(=O)[C@@H](Cc1c[nH]c2ccccc12)NC(=O)[C@H]1CCCN(S(=O)(=O)c2ccc(C)cc2)C1. The molecule has 34 heavy (non-hydrogen) atoms. The van der Waals surface area contributed by atoms with Crippen molar-refractivity contribution in [2.45, 2.75) is 37.1 Å². The number of para-hydroxylation sites is 1. The molecule has 1 aromatic heterocycles. The van der Waals surface area contributed by atoms with Gasteiger partial charge in [-0.15, -0.1) is 0 Å². The van der Waals surface area contributed by atoms with Crippen LogP contribution in [0.15, 0.2) is 59.6 Å². The number of ether oxygens (including phenoxy) is 1.